The fourth-order valence-electron chi connectivity index (χ4n) is 1.98. The summed E-state index contributed by atoms with van der Waals surface area (Å²) >= 11 is 3.55. The van der Waals surface area contributed by atoms with Crippen molar-refractivity contribution in [3.05, 3.63) is 28.1 Å². The van der Waals surface area contributed by atoms with Crippen LogP contribution in [0.1, 0.15) is 25.3 Å². The molecule has 2 aromatic rings. The van der Waals surface area contributed by atoms with Gasteiger partial charge in [0.2, 0.25) is 0 Å². The Hall–Kier alpha value is -0.870. The predicted octanol–water partition coefficient (Wildman–Crippen LogP) is 3.98. The van der Waals surface area contributed by atoms with Gasteiger partial charge in [0, 0.05) is 13.5 Å². The van der Waals surface area contributed by atoms with Crippen molar-refractivity contribution < 1.29 is 9.15 Å². The van der Waals surface area contributed by atoms with Gasteiger partial charge in [0.05, 0.1) is 11.1 Å². The minimum atomic E-state index is 0.628. The molecule has 2 rings (SSSR count). The van der Waals surface area contributed by atoms with Gasteiger partial charge in [-0.15, -0.1) is 0 Å². The van der Waals surface area contributed by atoms with Crippen LogP contribution in [0.3, 0.4) is 0 Å². The topological polar surface area (TPSA) is 35.3 Å². The number of oxazole rings is 1. The van der Waals surface area contributed by atoms with Gasteiger partial charge in [0.25, 0.3) is 0 Å². The van der Waals surface area contributed by atoms with E-state index in [0.717, 1.165) is 27.9 Å². The summed E-state index contributed by atoms with van der Waals surface area (Å²) in [6.45, 7) is 5.05. The van der Waals surface area contributed by atoms with Crippen LogP contribution in [-0.4, -0.2) is 18.7 Å². The number of aromatic nitrogens is 1. The third-order valence-electron chi connectivity index (χ3n) is 2.71. The zero-order valence-electron chi connectivity index (χ0n) is 11.0. The Morgan fingerprint density at radius 2 is 2.17 bits per heavy atom. The first-order chi connectivity index (χ1) is 8.60. The van der Waals surface area contributed by atoms with E-state index in [1.165, 1.54) is 5.56 Å². The number of halogens is 1. The summed E-state index contributed by atoms with van der Waals surface area (Å²) in [7, 11) is 1.68. The van der Waals surface area contributed by atoms with Gasteiger partial charge >= 0.3 is 0 Å². The molecular weight excluding hydrogens is 294 g/mol. The van der Waals surface area contributed by atoms with Crippen LogP contribution in [0.4, 0.5) is 0 Å². The molecule has 0 saturated heterocycles. The molecule has 1 aromatic heterocycles. The lowest BCUT2D eigenvalue weighted by atomic mass is 10.0. The predicted molar refractivity (Wildman–Crippen MR) is 75.8 cm³/mol. The van der Waals surface area contributed by atoms with E-state index in [1.54, 1.807) is 7.11 Å². The van der Waals surface area contributed by atoms with Crippen LogP contribution in [0.15, 0.2) is 21.0 Å². The number of benzene rings is 1. The number of rotatable bonds is 5. The van der Waals surface area contributed by atoms with Crippen LogP contribution >= 0.6 is 15.9 Å². The molecule has 18 heavy (non-hydrogen) atoms. The van der Waals surface area contributed by atoms with Crippen molar-refractivity contribution in [2.75, 3.05) is 13.7 Å². The van der Waals surface area contributed by atoms with Gasteiger partial charge in [0.1, 0.15) is 5.52 Å². The van der Waals surface area contributed by atoms with Crippen molar-refractivity contribution in [2.24, 2.45) is 5.92 Å². The monoisotopic (exact) mass is 311 g/mol. The lowest BCUT2D eigenvalue weighted by Gasteiger charge is -2.04. The molecule has 0 fully saturated rings. The van der Waals surface area contributed by atoms with Crippen molar-refractivity contribution in [2.45, 2.75) is 26.7 Å². The van der Waals surface area contributed by atoms with Gasteiger partial charge in [-0.3, -0.25) is 0 Å². The molecular formula is C14H18BrNO2. The molecule has 0 unspecified atom stereocenters. The molecule has 0 saturated carbocycles. The second-order valence-electron chi connectivity index (χ2n) is 4.87. The summed E-state index contributed by atoms with van der Waals surface area (Å²) < 4.78 is 11.7. The average molecular weight is 312 g/mol. The molecule has 1 aromatic carbocycles. The van der Waals surface area contributed by atoms with Crippen LogP contribution < -0.4 is 0 Å². The zero-order chi connectivity index (χ0) is 13.1. The quantitative estimate of drug-likeness (QED) is 0.838. The largest absolute Gasteiger partial charge is 0.439 e. The third kappa shape index (κ3) is 3.12. The van der Waals surface area contributed by atoms with Gasteiger partial charge in [-0.25, -0.2) is 4.98 Å². The minimum absolute atomic E-state index is 0.628. The molecule has 0 atom stereocenters. The molecule has 0 spiro atoms. The summed E-state index contributed by atoms with van der Waals surface area (Å²) in [5, 5.41) is 0. The minimum Gasteiger partial charge on any atom is -0.439 e. The van der Waals surface area contributed by atoms with Crippen LogP contribution in [0.25, 0.3) is 11.1 Å². The van der Waals surface area contributed by atoms with Gasteiger partial charge in [-0.05, 0) is 46.0 Å². The Balaban J connectivity index is 2.33. The number of methoxy groups -OCH3 is 1. The molecule has 0 amide bonds. The normalized spacial score (nSPS) is 11.6. The average Bonchev–Trinajstić information content (AvgIpc) is 2.69. The van der Waals surface area contributed by atoms with Gasteiger partial charge in [-0.1, -0.05) is 13.8 Å². The fourth-order valence-corrected chi connectivity index (χ4v) is 2.56. The highest BCUT2D eigenvalue weighted by Crippen LogP contribution is 2.27. The standard InChI is InChI=1S/C14H18BrNO2/c1-9(2)6-10-7-11(15)14-12(8-10)16-13(18-14)4-5-17-3/h7-9H,4-6H2,1-3H3. The molecule has 0 aliphatic heterocycles. The summed E-state index contributed by atoms with van der Waals surface area (Å²) in [6.07, 6.45) is 1.76. The van der Waals surface area contributed by atoms with E-state index in [2.05, 4.69) is 46.9 Å². The van der Waals surface area contributed by atoms with E-state index >= 15 is 0 Å². The molecule has 0 N–H and O–H groups in total. The Labute approximate surface area is 116 Å². The first-order valence-corrected chi connectivity index (χ1v) is 6.96. The highest BCUT2D eigenvalue weighted by Gasteiger charge is 2.11. The molecule has 4 heteroatoms. The summed E-state index contributed by atoms with van der Waals surface area (Å²) in [4.78, 5) is 4.50. The molecule has 0 aliphatic carbocycles. The fraction of sp³-hybridized carbons (Fsp3) is 0.500. The maximum Gasteiger partial charge on any atom is 0.197 e. The first-order valence-electron chi connectivity index (χ1n) is 6.17. The zero-order valence-corrected chi connectivity index (χ0v) is 12.6. The van der Waals surface area contributed by atoms with Gasteiger partial charge < -0.3 is 9.15 Å². The van der Waals surface area contributed by atoms with Crippen molar-refractivity contribution >= 4 is 27.0 Å². The number of fused-ring (bicyclic) bond motifs is 1. The lowest BCUT2D eigenvalue weighted by Crippen LogP contribution is -1.94. The maximum atomic E-state index is 5.72. The lowest BCUT2D eigenvalue weighted by molar-refractivity contribution is 0.196. The summed E-state index contributed by atoms with van der Waals surface area (Å²) in [5.74, 6) is 1.36. The Bertz CT molecular complexity index is 534. The molecule has 0 bridgehead atoms. The van der Waals surface area contributed by atoms with E-state index in [0.29, 0.717) is 18.9 Å². The van der Waals surface area contributed by atoms with Crippen LogP contribution in [0.2, 0.25) is 0 Å². The van der Waals surface area contributed by atoms with Crippen molar-refractivity contribution in [1.82, 2.24) is 4.98 Å². The number of ether oxygens (including phenoxy) is 1. The first kappa shape index (κ1) is 13.6. The second-order valence-corrected chi connectivity index (χ2v) is 5.73. The Kier molecular flexibility index (Phi) is 4.40. The molecule has 0 aliphatic rings. The van der Waals surface area contributed by atoms with Crippen LogP contribution in [0, 0.1) is 5.92 Å². The van der Waals surface area contributed by atoms with Crippen molar-refractivity contribution in [3.8, 4) is 0 Å². The Morgan fingerprint density at radius 1 is 1.39 bits per heavy atom. The van der Waals surface area contributed by atoms with Crippen molar-refractivity contribution in [1.29, 1.82) is 0 Å². The third-order valence-corrected chi connectivity index (χ3v) is 3.30. The van der Waals surface area contributed by atoms with Gasteiger partial charge in [0.15, 0.2) is 11.5 Å². The van der Waals surface area contributed by atoms with Crippen LogP contribution in [-0.2, 0) is 17.6 Å². The van der Waals surface area contributed by atoms with E-state index in [-0.39, 0.29) is 0 Å². The second kappa shape index (κ2) is 5.85. The Morgan fingerprint density at radius 3 is 2.83 bits per heavy atom. The van der Waals surface area contributed by atoms with E-state index in [9.17, 15) is 0 Å². The van der Waals surface area contributed by atoms with Gasteiger partial charge in [-0.2, -0.15) is 0 Å². The highest BCUT2D eigenvalue weighted by molar-refractivity contribution is 9.10. The van der Waals surface area contributed by atoms with Crippen molar-refractivity contribution in [3.63, 3.8) is 0 Å². The number of nitrogens with zero attached hydrogens (tertiary/aromatic N) is 1. The number of hydrogen-bond acceptors (Lipinski definition) is 3. The van der Waals surface area contributed by atoms with E-state index in [4.69, 9.17) is 9.15 Å². The summed E-state index contributed by atoms with van der Waals surface area (Å²) in [6, 6.07) is 4.23. The maximum absolute atomic E-state index is 5.72. The van der Waals surface area contributed by atoms with E-state index < -0.39 is 0 Å². The molecule has 1 heterocycles. The highest BCUT2D eigenvalue weighted by atomic mass is 79.9. The number of hydrogen-bond donors (Lipinski definition) is 0. The SMILES string of the molecule is COCCc1nc2cc(CC(C)C)cc(Br)c2o1. The van der Waals surface area contributed by atoms with E-state index in [1.807, 2.05) is 0 Å². The molecule has 98 valence electrons. The smallest absolute Gasteiger partial charge is 0.197 e. The molecule has 0 radical (unpaired) electrons. The summed E-state index contributed by atoms with van der Waals surface area (Å²) in [5.41, 5.74) is 3.04. The molecule has 3 nitrogen and oxygen atoms in total. The van der Waals surface area contributed by atoms with Crippen LogP contribution in [0.5, 0.6) is 0 Å².